The number of para-hydroxylation sites is 1. The second kappa shape index (κ2) is 7.64. The third-order valence-electron chi connectivity index (χ3n) is 3.06. The van der Waals surface area contributed by atoms with Crippen molar-refractivity contribution in [3.05, 3.63) is 58.1 Å². The Labute approximate surface area is 138 Å². The van der Waals surface area contributed by atoms with Gasteiger partial charge in [0.05, 0.1) is 17.7 Å². The molecule has 0 bridgehead atoms. The second-order valence-corrected chi connectivity index (χ2v) is 5.74. The van der Waals surface area contributed by atoms with Crippen LogP contribution in [0.2, 0.25) is 0 Å². The molecular formula is C16H16N2O4S. The van der Waals surface area contributed by atoms with Gasteiger partial charge in [0.25, 0.3) is 5.69 Å². The van der Waals surface area contributed by atoms with Gasteiger partial charge < -0.3 is 10.1 Å². The van der Waals surface area contributed by atoms with Gasteiger partial charge in [0.2, 0.25) is 5.91 Å². The smallest absolute Gasteiger partial charge is 0.270 e. The molecule has 6 nitrogen and oxygen atoms in total. The number of nitro benzene ring substituents is 1. The van der Waals surface area contributed by atoms with Crippen molar-refractivity contribution in [2.75, 3.05) is 12.4 Å². The number of rotatable bonds is 6. The van der Waals surface area contributed by atoms with E-state index in [0.717, 1.165) is 16.1 Å². The van der Waals surface area contributed by atoms with Crippen LogP contribution in [0.4, 0.5) is 11.4 Å². The van der Waals surface area contributed by atoms with E-state index in [-0.39, 0.29) is 11.6 Å². The van der Waals surface area contributed by atoms with Crippen molar-refractivity contribution in [1.82, 2.24) is 0 Å². The minimum atomic E-state index is -0.432. The van der Waals surface area contributed by atoms with Crippen molar-refractivity contribution in [3.8, 4) is 5.75 Å². The molecular weight excluding hydrogens is 316 g/mol. The number of benzene rings is 2. The molecule has 0 fully saturated rings. The van der Waals surface area contributed by atoms with Gasteiger partial charge in [0.15, 0.2) is 0 Å². The zero-order valence-corrected chi connectivity index (χ0v) is 13.6. The number of nitro groups is 1. The molecule has 2 aromatic rings. The summed E-state index contributed by atoms with van der Waals surface area (Å²) < 4.78 is 5.26. The third-order valence-corrected chi connectivity index (χ3v) is 4.18. The molecule has 0 radical (unpaired) electrons. The zero-order valence-electron chi connectivity index (χ0n) is 12.7. The van der Waals surface area contributed by atoms with E-state index in [0.29, 0.717) is 11.5 Å². The Morgan fingerprint density at radius 1 is 1.30 bits per heavy atom. The molecule has 0 saturated heterocycles. The molecule has 0 aliphatic rings. The highest BCUT2D eigenvalue weighted by atomic mass is 32.2. The van der Waals surface area contributed by atoms with Crippen LogP contribution >= 0.6 is 11.8 Å². The number of amides is 1. The predicted octanol–water partition coefficient (Wildman–Crippen LogP) is 3.85. The number of carbonyl (C=O) groups excluding carboxylic acids is 1. The van der Waals surface area contributed by atoms with Gasteiger partial charge in [0.1, 0.15) is 5.75 Å². The molecule has 2 aromatic carbocycles. The van der Waals surface area contributed by atoms with Crippen molar-refractivity contribution < 1.29 is 14.5 Å². The van der Waals surface area contributed by atoms with E-state index in [2.05, 4.69) is 5.32 Å². The van der Waals surface area contributed by atoms with E-state index >= 15 is 0 Å². The summed E-state index contributed by atoms with van der Waals surface area (Å²) in [7, 11) is 1.53. The number of carbonyl (C=O) groups is 1. The second-order valence-electron chi connectivity index (χ2n) is 4.72. The number of ether oxygens (including phenoxy) is 1. The lowest BCUT2D eigenvalue weighted by Crippen LogP contribution is -2.06. The first-order chi connectivity index (χ1) is 11.0. The van der Waals surface area contributed by atoms with Gasteiger partial charge in [-0.3, -0.25) is 14.9 Å². The fourth-order valence-corrected chi connectivity index (χ4v) is 3.02. The number of nitrogens with one attached hydrogen (secondary N) is 1. The number of thioether (sulfide) groups is 1. The molecule has 0 heterocycles. The Kier molecular flexibility index (Phi) is 5.59. The summed E-state index contributed by atoms with van der Waals surface area (Å²) in [5.74, 6) is 0.938. The summed E-state index contributed by atoms with van der Waals surface area (Å²) in [4.78, 5) is 22.6. The number of nitrogens with zero attached hydrogens (tertiary/aromatic N) is 1. The largest absolute Gasteiger partial charge is 0.496 e. The predicted molar refractivity (Wildman–Crippen MR) is 90.0 cm³/mol. The van der Waals surface area contributed by atoms with Crippen LogP contribution in [0, 0.1) is 10.1 Å². The quantitative estimate of drug-likeness (QED) is 0.493. The first kappa shape index (κ1) is 16.8. The van der Waals surface area contributed by atoms with Crippen LogP contribution in [0.5, 0.6) is 5.75 Å². The molecule has 7 heteroatoms. The minimum absolute atomic E-state index is 0.0246. The Morgan fingerprint density at radius 2 is 2.04 bits per heavy atom. The summed E-state index contributed by atoms with van der Waals surface area (Å²) >= 11 is 1.47. The van der Waals surface area contributed by atoms with E-state index in [1.807, 2.05) is 24.3 Å². The van der Waals surface area contributed by atoms with Crippen LogP contribution in [-0.2, 0) is 10.5 Å². The standard InChI is InChI=1S/C16H16N2O4S/c1-11(19)17-14-5-3-4-6-16(14)23-10-12-9-13(18(20)21)7-8-15(12)22-2/h3-9H,10H2,1-2H3,(H,17,19). The molecule has 0 aliphatic heterocycles. The molecule has 1 amide bonds. The molecule has 0 saturated carbocycles. The van der Waals surface area contributed by atoms with E-state index in [1.165, 1.54) is 37.9 Å². The van der Waals surface area contributed by atoms with Crippen LogP contribution in [0.1, 0.15) is 12.5 Å². The number of anilines is 1. The normalized spacial score (nSPS) is 10.2. The fourth-order valence-electron chi connectivity index (χ4n) is 2.03. The fraction of sp³-hybridized carbons (Fsp3) is 0.188. The lowest BCUT2D eigenvalue weighted by atomic mass is 10.2. The van der Waals surface area contributed by atoms with Gasteiger partial charge in [-0.15, -0.1) is 11.8 Å². The SMILES string of the molecule is COc1ccc([N+](=O)[O-])cc1CSc1ccccc1NC(C)=O. The number of hydrogen-bond donors (Lipinski definition) is 1. The molecule has 0 aromatic heterocycles. The Balaban J connectivity index is 2.22. The van der Waals surface area contributed by atoms with Gasteiger partial charge in [-0.2, -0.15) is 0 Å². The first-order valence-electron chi connectivity index (χ1n) is 6.82. The summed E-state index contributed by atoms with van der Waals surface area (Å²) in [6.07, 6.45) is 0. The van der Waals surface area contributed by atoms with Crippen LogP contribution in [0.15, 0.2) is 47.4 Å². The lowest BCUT2D eigenvalue weighted by Gasteiger charge is -2.11. The van der Waals surface area contributed by atoms with Crippen LogP contribution in [0.25, 0.3) is 0 Å². The van der Waals surface area contributed by atoms with E-state index in [9.17, 15) is 14.9 Å². The van der Waals surface area contributed by atoms with Crippen LogP contribution in [0.3, 0.4) is 0 Å². The topological polar surface area (TPSA) is 81.5 Å². The van der Waals surface area contributed by atoms with E-state index in [4.69, 9.17) is 4.74 Å². The molecule has 23 heavy (non-hydrogen) atoms. The van der Waals surface area contributed by atoms with Crippen molar-refractivity contribution in [3.63, 3.8) is 0 Å². The molecule has 120 valence electrons. The van der Waals surface area contributed by atoms with Crippen molar-refractivity contribution in [2.24, 2.45) is 0 Å². The average Bonchev–Trinajstić information content (AvgIpc) is 2.53. The molecule has 0 spiro atoms. The monoisotopic (exact) mass is 332 g/mol. The van der Waals surface area contributed by atoms with Gasteiger partial charge >= 0.3 is 0 Å². The van der Waals surface area contributed by atoms with Crippen LogP contribution in [-0.4, -0.2) is 17.9 Å². The van der Waals surface area contributed by atoms with Crippen molar-refractivity contribution in [1.29, 1.82) is 0 Å². The highest BCUT2D eigenvalue weighted by Gasteiger charge is 2.12. The van der Waals surface area contributed by atoms with Gasteiger partial charge in [-0.1, -0.05) is 12.1 Å². The van der Waals surface area contributed by atoms with Crippen molar-refractivity contribution >= 4 is 29.0 Å². The Hall–Kier alpha value is -2.54. The van der Waals surface area contributed by atoms with Crippen LogP contribution < -0.4 is 10.1 Å². The van der Waals surface area contributed by atoms with E-state index < -0.39 is 4.92 Å². The maximum absolute atomic E-state index is 11.2. The molecule has 0 atom stereocenters. The number of non-ortho nitro benzene ring substituents is 1. The van der Waals surface area contributed by atoms with Gasteiger partial charge in [0, 0.05) is 35.3 Å². The molecule has 0 unspecified atom stereocenters. The lowest BCUT2D eigenvalue weighted by molar-refractivity contribution is -0.384. The molecule has 0 aliphatic carbocycles. The van der Waals surface area contributed by atoms with Gasteiger partial charge in [-0.05, 0) is 18.2 Å². The van der Waals surface area contributed by atoms with E-state index in [1.54, 1.807) is 6.07 Å². The van der Waals surface area contributed by atoms with Gasteiger partial charge in [-0.25, -0.2) is 0 Å². The highest BCUT2D eigenvalue weighted by Crippen LogP contribution is 2.34. The number of methoxy groups -OCH3 is 1. The maximum Gasteiger partial charge on any atom is 0.270 e. The molecule has 2 rings (SSSR count). The Morgan fingerprint density at radius 3 is 2.70 bits per heavy atom. The average molecular weight is 332 g/mol. The highest BCUT2D eigenvalue weighted by molar-refractivity contribution is 7.98. The summed E-state index contributed by atoms with van der Waals surface area (Å²) in [6.45, 7) is 1.45. The first-order valence-corrected chi connectivity index (χ1v) is 7.80. The maximum atomic E-state index is 11.2. The summed E-state index contributed by atoms with van der Waals surface area (Å²) in [5, 5.41) is 13.7. The third kappa shape index (κ3) is 4.46. The molecule has 1 N–H and O–H groups in total. The Bertz CT molecular complexity index is 734. The number of hydrogen-bond acceptors (Lipinski definition) is 5. The summed E-state index contributed by atoms with van der Waals surface area (Å²) in [5.41, 5.74) is 1.47. The zero-order chi connectivity index (χ0) is 16.8. The minimum Gasteiger partial charge on any atom is -0.496 e. The summed E-state index contributed by atoms with van der Waals surface area (Å²) in [6, 6.07) is 11.9. The van der Waals surface area contributed by atoms with Crippen molar-refractivity contribution in [2.45, 2.75) is 17.6 Å².